The zero-order chi connectivity index (χ0) is 18.5. The van der Waals surface area contributed by atoms with Crippen molar-refractivity contribution in [3.63, 3.8) is 0 Å². The highest BCUT2D eigenvalue weighted by Crippen LogP contribution is 2.17. The lowest BCUT2D eigenvalue weighted by atomic mass is 10.1. The maximum absolute atomic E-state index is 12.3. The Morgan fingerprint density at radius 3 is 2.37 bits per heavy atom. The number of carbonyl (C=O) groups is 1. The van der Waals surface area contributed by atoms with Crippen LogP contribution < -0.4 is 10.2 Å². The maximum Gasteiger partial charge on any atom is 0.229 e. The molecule has 0 bridgehead atoms. The predicted octanol–water partition coefficient (Wildman–Crippen LogP) is 1.68. The Bertz CT molecular complexity index is 872. The monoisotopic (exact) mass is 364 g/mol. The molecule has 138 valence electrons. The van der Waals surface area contributed by atoms with Gasteiger partial charge in [0.25, 0.3) is 0 Å². The molecule has 0 aliphatic carbocycles. The highest BCUT2D eigenvalue weighted by atomic mass is 16.5. The molecule has 0 unspecified atom stereocenters. The topological polar surface area (TPSA) is 85.2 Å². The van der Waals surface area contributed by atoms with Crippen molar-refractivity contribution in [3.05, 3.63) is 60.8 Å². The summed E-state index contributed by atoms with van der Waals surface area (Å²) >= 11 is 0. The first-order chi connectivity index (χ1) is 13.3. The molecule has 0 atom stereocenters. The van der Waals surface area contributed by atoms with Gasteiger partial charge in [0, 0.05) is 18.8 Å². The Hall–Kier alpha value is -3.26. The minimum absolute atomic E-state index is 0.0985. The van der Waals surface area contributed by atoms with Crippen LogP contribution in [0, 0.1) is 0 Å². The standard InChI is InChI=1S/C19H20N6O2/c26-19(11-15-1-3-16(4-2-15)25-13-21-22-14-25)23-18-6-5-17(12-20-18)24-7-9-27-10-8-24/h1-6,12-14H,7-11H2,(H,20,23,26). The Balaban J connectivity index is 1.33. The van der Waals surface area contributed by atoms with Crippen LogP contribution in [0.2, 0.25) is 0 Å². The molecule has 8 heteroatoms. The summed E-state index contributed by atoms with van der Waals surface area (Å²) < 4.78 is 7.17. The Morgan fingerprint density at radius 2 is 1.70 bits per heavy atom. The van der Waals surface area contributed by atoms with Gasteiger partial charge in [0.15, 0.2) is 0 Å². The van der Waals surface area contributed by atoms with E-state index in [0.29, 0.717) is 5.82 Å². The van der Waals surface area contributed by atoms with Gasteiger partial charge in [-0.15, -0.1) is 10.2 Å². The molecule has 1 saturated heterocycles. The zero-order valence-electron chi connectivity index (χ0n) is 14.8. The number of morpholine rings is 1. The van der Waals surface area contributed by atoms with Crippen molar-refractivity contribution in [2.75, 3.05) is 36.5 Å². The fraction of sp³-hybridized carbons (Fsp3) is 0.263. The lowest BCUT2D eigenvalue weighted by Gasteiger charge is -2.28. The summed E-state index contributed by atoms with van der Waals surface area (Å²) in [6.07, 6.45) is 5.34. The Morgan fingerprint density at radius 1 is 1.00 bits per heavy atom. The van der Waals surface area contributed by atoms with E-state index in [1.54, 1.807) is 18.9 Å². The third kappa shape index (κ3) is 4.29. The minimum atomic E-state index is -0.0985. The van der Waals surface area contributed by atoms with Gasteiger partial charge in [0.2, 0.25) is 5.91 Å². The number of hydrogen-bond acceptors (Lipinski definition) is 6. The van der Waals surface area contributed by atoms with Crippen molar-refractivity contribution in [1.29, 1.82) is 0 Å². The fourth-order valence-corrected chi connectivity index (χ4v) is 2.96. The molecule has 8 nitrogen and oxygen atoms in total. The van der Waals surface area contributed by atoms with E-state index in [1.165, 1.54) is 0 Å². The van der Waals surface area contributed by atoms with Crippen LogP contribution in [0.4, 0.5) is 11.5 Å². The summed E-state index contributed by atoms with van der Waals surface area (Å²) in [5, 5.41) is 10.4. The number of nitrogens with one attached hydrogen (secondary N) is 1. The molecule has 2 aromatic heterocycles. The van der Waals surface area contributed by atoms with E-state index in [2.05, 4.69) is 25.4 Å². The van der Waals surface area contributed by atoms with Crippen LogP contribution in [0.5, 0.6) is 0 Å². The first kappa shape index (κ1) is 17.2. The number of ether oxygens (including phenoxy) is 1. The number of rotatable bonds is 5. The molecule has 4 rings (SSSR count). The average Bonchev–Trinajstić information content (AvgIpc) is 3.25. The summed E-state index contributed by atoms with van der Waals surface area (Å²) in [5.74, 6) is 0.455. The van der Waals surface area contributed by atoms with Crippen molar-refractivity contribution < 1.29 is 9.53 Å². The number of aromatic nitrogens is 4. The second-order valence-electron chi connectivity index (χ2n) is 6.26. The molecular weight excluding hydrogens is 344 g/mol. The van der Waals surface area contributed by atoms with E-state index < -0.39 is 0 Å². The van der Waals surface area contributed by atoms with Crippen LogP contribution in [0.1, 0.15) is 5.56 Å². The number of hydrogen-bond donors (Lipinski definition) is 1. The van der Waals surface area contributed by atoms with Gasteiger partial charge in [-0.05, 0) is 29.8 Å². The van der Waals surface area contributed by atoms with Crippen molar-refractivity contribution in [2.45, 2.75) is 6.42 Å². The molecule has 1 fully saturated rings. The van der Waals surface area contributed by atoms with E-state index in [-0.39, 0.29) is 12.3 Å². The molecule has 1 aliphatic heterocycles. The highest BCUT2D eigenvalue weighted by molar-refractivity contribution is 5.91. The van der Waals surface area contributed by atoms with Gasteiger partial charge in [-0.1, -0.05) is 12.1 Å². The molecular formula is C19H20N6O2. The quantitative estimate of drug-likeness (QED) is 0.741. The normalized spacial score (nSPS) is 14.1. The lowest BCUT2D eigenvalue weighted by Crippen LogP contribution is -2.36. The molecule has 0 saturated carbocycles. The third-order valence-electron chi connectivity index (χ3n) is 4.41. The molecule has 0 spiro atoms. The van der Waals surface area contributed by atoms with Crippen LogP contribution in [0.15, 0.2) is 55.2 Å². The van der Waals surface area contributed by atoms with Gasteiger partial charge in [-0.3, -0.25) is 9.36 Å². The maximum atomic E-state index is 12.3. The molecule has 3 aromatic rings. The summed E-state index contributed by atoms with van der Waals surface area (Å²) in [4.78, 5) is 18.9. The number of carbonyl (C=O) groups excluding carboxylic acids is 1. The molecule has 1 N–H and O–H groups in total. The first-order valence-corrected chi connectivity index (χ1v) is 8.80. The van der Waals surface area contributed by atoms with Crippen molar-refractivity contribution in [3.8, 4) is 5.69 Å². The number of anilines is 2. The van der Waals surface area contributed by atoms with Gasteiger partial charge < -0.3 is 15.0 Å². The van der Waals surface area contributed by atoms with E-state index in [1.807, 2.05) is 41.0 Å². The van der Waals surface area contributed by atoms with Crippen LogP contribution in [0.3, 0.4) is 0 Å². The van der Waals surface area contributed by atoms with E-state index in [0.717, 1.165) is 43.2 Å². The van der Waals surface area contributed by atoms with Crippen LogP contribution in [-0.2, 0) is 16.0 Å². The van der Waals surface area contributed by atoms with E-state index in [9.17, 15) is 4.79 Å². The number of benzene rings is 1. The number of amides is 1. The van der Waals surface area contributed by atoms with Crippen molar-refractivity contribution in [1.82, 2.24) is 19.7 Å². The Labute approximate surface area is 156 Å². The predicted molar refractivity (Wildman–Crippen MR) is 101 cm³/mol. The van der Waals surface area contributed by atoms with Crippen molar-refractivity contribution >= 4 is 17.4 Å². The van der Waals surface area contributed by atoms with Gasteiger partial charge in [0.05, 0.1) is 31.5 Å². The van der Waals surface area contributed by atoms with Crippen LogP contribution in [0.25, 0.3) is 5.69 Å². The van der Waals surface area contributed by atoms with Gasteiger partial charge in [-0.2, -0.15) is 0 Å². The summed E-state index contributed by atoms with van der Waals surface area (Å²) in [6.45, 7) is 3.18. The Kier molecular flexibility index (Phi) is 5.06. The second kappa shape index (κ2) is 7.96. The van der Waals surface area contributed by atoms with Gasteiger partial charge in [-0.25, -0.2) is 4.98 Å². The molecule has 1 aliphatic rings. The van der Waals surface area contributed by atoms with Crippen LogP contribution >= 0.6 is 0 Å². The molecule has 3 heterocycles. The van der Waals surface area contributed by atoms with E-state index >= 15 is 0 Å². The van der Waals surface area contributed by atoms with Gasteiger partial charge >= 0.3 is 0 Å². The molecule has 1 aromatic carbocycles. The number of pyridine rings is 1. The zero-order valence-corrected chi connectivity index (χ0v) is 14.8. The van der Waals surface area contributed by atoms with E-state index in [4.69, 9.17) is 4.74 Å². The summed E-state index contributed by atoms with van der Waals surface area (Å²) in [7, 11) is 0. The SMILES string of the molecule is O=C(Cc1ccc(-n2cnnc2)cc1)Nc1ccc(N2CCOCC2)cn1. The highest BCUT2D eigenvalue weighted by Gasteiger charge is 2.12. The van der Waals surface area contributed by atoms with Gasteiger partial charge in [0.1, 0.15) is 18.5 Å². The lowest BCUT2D eigenvalue weighted by molar-refractivity contribution is -0.115. The summed E-state index contributed by atoms with van der Waals surface area (Å²) in [6, 6.07) is 11.5. The van der Waals surface area contributed by atoms with Crippen LogP contribution in [-0.4, -0.2) is 52.0 Å². The molecule has 1 amide bonds. The third-order valence-corrected chi connectivity index (χ3v) is 4.41. The first-order valence-electron chi connectivity index (χ1n) is 8.80. The fourth-order valence-electron chi connectivity index (χ4n) is 2.96. The largest absolute Gasteiger partial charge is 0.378 e. The number of nitrogens with zero attached hydrogens (tertiary/aromatic N) is 5. The molecule has 0 radical (unpaired) electrons. The summed E-state index contributed by atoms with van der Waals surface area (Å²) in [5.41, 5.74) is 2.92. The second-order valence-corrected chi connectivity index (χ2v) is 6.26. The molecule has 27 heavy (non-hydrogen) atoms. The minimum Gasteiger partial charge on any atom is -0.378 e. The van der Waals surface area contributed by atoms with Crippen molar-refractivity contribution in [2.24, 2.45) is 0 Å². The average molecular weight is 364 g/mol. The smallest absolute Gasteiger partial charge is 0.229 e.